The normalized spacial score (nSPS) is 26.1. The van der Waals surface area contributed by atoms with Crippen LogP contribution in [0.15, 0.2) is 24.4 Å². The highest BCUT2D eigenvalue weighted by Crippen LogP contribution is 2.49. The zero-order valence-electron chi connectivity index (χ0n) is 13.5. The molecule has 0 radical (unpaired) electrons. The number of benzene rings is 1. The molecule has 0 bridgehead atoms. The number of hydrogen-bond acceptors (Lipinski definition) is 4. The number of hydrogen-bond donors (Lipinski definition) is 1. The summed E-state index contributed by atoms with van der Waals surface area (Å²) >= 11 is 12.0. The molecule has 6 nitrogen and oxygen atoms in total. The number of likely N-dealkylation sites (tertiary alicyclic amines) is 1. The highest BCUT2D eigenvalue weighted by Gasteiger charge is 2.54. The molecule has 1 saturated carbocycles. The van der Waals surface area contributed by atoms with Crippen molar-refractivity contribution in [2.45, 2.75) is 25.8 Å². The maximum Gasteiger partial charge on any atom is 0.311 e. The monoisotopic (exact) mass is 380 g/mol. The van der Waals surface area contributed by atoms with Crippen LogP contribution in [-0.2, 0) is 11.3 Å². The second kappa shape index (κ2) is 6.27. The van der Waals surface area contributed by atoms with Crippen LogP contribution in [0.1, 0.15) is 25.0 Å². The van der Waals surface area contributed by atoms with Crippen molar-refractivity contribution in [3.05, 3.63) is 40.1 Å². The predicted molar refractivity (Wildman–Crippen MR) is 94.1 cm³/mol. The summed E-state index contributed by atoms with van der Waals surface area (Å²) in [5, 5.41) is 19.0. The van der Waals surface area contributed by atoms with E-state index in [9.17, 15) is 9.90 Å². The van der Waals surface area contributed by atoms with Gasteiger partial charge in [0.1, 0.15) is 0 Å². The van der Waals surface area contributed by atoms with E-state index in [0.29, 0.717) is 23.1 Å². The molecule has 1 aromatic carbocycles. The first kappa shape index (κ1) is 16.8. The first-order valence-electron chi connectivity index (χ1n) is 8.30. The molecule has 4 rings (SSSR count). The van der Waals surface area contributed by atoms with Gasteiger partial charge in [0.05, 0.1) is 33.0 Å². The number of rotatable bonds is 4. The Morgan fingerprint density at radius 3 is 2.92 bits per heavy atom. The van der Waals surface area contributed by atoms with Crippen molar-refractivity contribution in [3.8, 4) is 5.69 Å². The Bertz CT molecular complexity index is 825. The van der Waals surface area contributed by atoms with E-state index in [2.05, 4.69) is 15.2 Å². The van der Waals surface area contributed by atoms with Crippen LogP contribution in [0, 0.1) is 11.3 Å². The SMILES string of the molecule is O=C(O)[C@@]12CCC[C@H]1CN(Cc1cn(-c3ccc(Cl)c(Cl)c3)nn1)C2. The second-order valence-corrected chi connectivity index (χ2v) is 7.79. The summed E-state index contributed by atoms with van der Waals surface area (Å²) < 4.78 is 1.65. The summed E-state index contributed by atoms with van der Waals surface area (Å²) in [5.41, 5.74) is 1.03. The van der Waals surface area contributed by atoms with Crippen LogP contribution in [0.25, 0.3) is 5.69 Å². The molecule has 2 aromatic rings. The van der Waals surface area contributed by atoms with Crippen molar-refractivity contribution in [1.82, 2.24) is 19.9 Å². The third kappa shape index (κ3) is 2.92. The van der Waals surface area contributed by atoms with Crippen LogP contribution in [0.3, 0.4) is 0 Å². The minimum absolute atomic E-state index is 0.245. The molecule has 132 valence electrons. The van der Waals surface area contributed by atoms with Crippen LogP contribution >= 0.6 is 23.2 Å². The number of carboxylic acids is 1. The average Bonchev–Trinajstić information content (AvgIpc) is 3.24. The molecule has 1 saturated heterocycles. The summed E-state index contributed by atoms with van der Waals surface area (Å²) in [6.45, 7) is 2.01. The van der Waals surface area contributed by atoms with Gasteiger partial charge >= 0.3 is 5.97 Å². The summed E-state index contributed by atoms with van der Waals surface area (Å²) in [4.78, 5) is 14.0. The summed E-state index contributed by atoms with van der Waals surface area (Å²) in [6, 6.07) is 5.28. The number of carboxylic acid groups (broad SMARTS) is 1. The smallest absolute Gasteiger partial charge is 0.311 e. The number of halogens is 2. The largest absolute Gasteiger partial charge is 0.481 e. The summed E-state index contributed by atoms with van der Waals surface area (Å²) in [5.74, 6) is -0.410. The fourth-order valence-corrected chi connectivity index (χ4v) is 4.51. The number of carbonyl (C=O) groups is 1. The molecule has 2 heterocycles. The van der Waals surface area contributed by atoms with Gasteiger partial charge in [-0.25, -0.2) is 4.68 Å². The van der Waals surface area contributed by atoms with Crippen LogP contribution in [0.4, 0.5) is 0 Å². The van der Waals surface area contributed by atoms with Crippen molar-refractivity contribution in [2.75, 3.05) is 13.1 Å². The first-order valence-corrected chi connectivity index (χ1v) is 9.06. The van der Waals surface area contributed by atoms with Crippen LogP contribution in [0.2, 0.25) is 10.0 Å². The van der Waals surface area contributed by atoms with Crippen molar-refractivity contribution in [2.24, 2.45) is 11.3 Å². The van der Waals surface area contributed by atoms with Gasteiger partial charge in [-0.1, -0.05) is 34.8 Å². The molecule has 8 heteroatoms. The molecule has 1 aromatic heterocycles. The molecule has 0 unspecified atom stereocenters. The number of fused-ring (bicyclic) bond motifs is 1. The van der Waals surface area contributed by atoms with Gasteiger partial charge in [0, 0.05) is 19.6 Å². The Hall–Kier alpha value is -1.63. The third-order valence-corrected chi connectivity index (χ3v) is 6.20. The standard InChI is InChI=1S/C17H18Cl2N4O2/c18-14-4-3-13(6-15(14)19)23-9-12(20-21-23)8-22-7-11-2-1-5-17(11,10-22)16(24)25/h3-4,6,9,11H,1-2,5,7-8,10H2,(H,24,25)/t11-,17+/m0/s1. The highest BCUT2D eigenvalue weighted by molar-refractivity contribution is 6.42. The lowest BCUT2D eigenvalue weighted by molar-refractivity contribution is -0.149. The van der Waals surface area contributed by atoms with Gasteiger partial charge in [-0.15, -0.1) is 5.10 Å². The Balaban J connectivity index is 1.49. The lowest BCUT2D eigenvalue weighted by Crippen LogP contribution is -2.35. The third-order valence-electron chi connectivity index (χ3n) is 5.46. The number of nitrogens with zero attached hydrogens (tertiary/aromatic N) is 4. The molecular weight excluding hydrogens is 363 g/mol. The van der Waals surface area contributed by atoms with E-state index in [-0.39, 0.29) is 5.92 Å². The highest BCUT2D eigenvalue weighted by atomic mass is 35.5. The molecule has 1 N–H and O–H groups in total. The minimum atomic E-state index is -0.656. The molecule has 25 heavy (non-hydrogen) atoms. The van der Waals surface area contributed by atoms with Crippen LogP contribution < -0.4 is 0 Å². The van der Waals surface area contributed by atoms with E-state index in [4.69, 9.17) is 23.2 Å². The Labute approximate surface area is 155 Å². The van der Waals surface area contributed by atoms with Crippen molar-refractivity contribution < 1.29 is 9.90 Å². The van der Waals surface area contributed by atoms with E-state index in [1.54, 1.807) is 16.8 Å². The lowest BCUT2D eigenvalue weighted by atomic mass is 9.81. The number of aliphatic carboxylic acids is 1. The molecule has 0 amide bonds. The van der Waals surface area contributed by atoms with E-state index in [1.807, 2.05) is 12.3 Å². The molecule has 1 aliphatic heterocycles. The average molecular weight is 381 g/mol. The summed E-state index contributed by atoms with van der Waals surface area (Å²) in [7, 11) is 0. The molecule has 1 aliphatic carbocycles. The second-order valence-electron chi connectivity index (χ2n) is 6.97. The molecule has 2 fully saturated rings. The minimum Gasteiger partial charge on any atom is -0.481 e. The number of aromatic nitrogens is 3. The van der Waals surface area contributed by atoms with Crippen molar-refractivity contribution in [3.63, 3.8) is 0 Å². The van der Waals surface area contributed by atoms with Gasteiger partial charge in [0.25, 0.3) is 0 Å². The predicted octanol–water partition coefficient (Wildman–Crippen LogP) is 3.26. The van der Waals surface area contributed by atoms with Crippen LogP contribution in [-0.4, -0.2) is 44.1 Å². The van der Waals surface area contributed by atoms with Crippen molar-refractivity contribution >= 4 is 29.2 Å². The zero-order chi connectivity index (χ0) is 17.6. The Morgan fingerprint density at radius 1 is 1.36 bits per heavy atom. The van der Waals surface area contributed by atoms with E-state index in [1.165, 1.54) is 0 Å². The molecule has 2 atom stereocenters. The maximum atomic E-state index is 11.8. The van der Waals surface area contributed by atoms with E-state index >= 15 is 0 Å². The molecule has 0 spiro atoms. The Kier molecular flexibility index (Phi) is 4.22. The summed E-state index contributed by atoms with van der Waals surface area (Å²) in [6.07, 6.45) is 4.64. The van der Waals surface area contributed by atoms with Gasteiger partial charge < -0.3 is 5.11 Å². The van der Waals surface area contributed by atoms with E-state index < -0.39 is 11.4 Å². The molecule has 2 aliphatic rings. The Morgan fingerprint density at radius 2 is 2.20 bits per heavy atom. The van der Waals surface area contributed by atoms with Gasteiger partial charge in [-0.2, -0.15) is 0 Å². The quantitative estimate of drug-likeness (QED) is 0.880. The van der Waals surface area contributed by atoms with Gasteiger partial charge in [0.2, 0.25) is 0 Å². The topological polar surface area (TPSA) is 71.2 Å². The zero-order valence-corrected chi connectivity index (χ0v) is 15.0. The first-order chi connectivity index (χ1) is 12.0. The van der Waals surface area contributed by atoms with Gasteiger partial charge in [-0.3, -0.25) is 9.69 Å². The van der Waals surface area contributed by atoms with E-state index in [0.717, 1.165) is 37.2 Å². The lowest BCUT2D eigenvalue weighted by Gasteiger charge is -2.23. The molecular formula is C17H18Cl2N4O2. The fraction of sp³-hybridized carbons (Fsp3) is 0.471. The maximum absolute atomic E-state index is 11.8. The fourth-order valence-electron chi connectivity index (χ4n) is 4.22. The van der Waals surface area contributed by atoms with Gasteiger partial charge in [0.15, 0.2) is 0 Å². The van der Waals surface area contributed by atoms with Crippen molar-refractivity contribution in [1.29, 1.82) is 0 Å². The van der Waals surface area contributed by atoms with Crippen LogP contribution in [0.5, 0.6) is 0 Å². The van der Waals surface area contributed by atoms with Gasteiger partial charge in [-0.05, 0) is 37.0 Å².